The monoisotopic (exact) mass is 216 g/mol. The Morgan fingerprint density at radius 3 is 2.69 bits per heavy atom. The lowest BCUT2D eigenvalue weighted by molar-refractivity contribution is 0.455. The lowest BCUT2D eigenvalue weighted by Gasteiger charge is -2.11. The Kier molecular flexibility index (Phi) is 2.72. The van der Waals surface area contributed by atoms with Crippen LogP contribution in [0.1, 0.15) is 11.3 Å². The summed E-state index contributed by atoms with van der Waals surface area (Å²) in [7, 11) is 0. The Morgan fingerprint density at radius 1 is 1.31 bits per heavy atom. The van der Waals surface area contributed by atoms with E-state index in [9.17, 15) is 9.90 Å². The molecule has 0 aromatic carbocycles. The van der Waals surface area contributed by atoms with Crippen molar-refractivity contribution in [3.8, 4) is 5.75 Å². The minimum absolute atomic E-state index is 0.184. The number of hydrogen-bond acceptors (Lipinski definition) is 3. The van der Waals surface area contributed by atoms with Crippen LogP contribution in [0.25, 0.3) is 0 Å². The average molecular weight is 216 g/mol. The van der Waals surface area contributed by atoms with Gasteiger partial charge in [0.2, 0.25) is 5.43 Å². The number of aromatic hydroxyl groups is 1. The van der Waals surface area contributed by atoms with Crippen LogP contribution in [-0.4, -0.2) is 14.7 Å². The normalized spacial score (nSPS) is 10.3. The quantitative estimate of drug-likeness (QED) is 0.823. The molecule has 1 N–H and O–H groups in total. The Balaban J connectivity index is 2.36. The topological polar surface area (TPSA) is 55.1 Å². The Morgan fingerprint density at radius 2 is 2.00 bits per heavy atom. The molecule has 0 spiro atoms. The highest BCUT2D eigenvalue weighted by atomic mass is 16.3. The fourth-order valence-electron chi connectivity index (χ4n) is 1.52. The molecule has 4 heteroatoms. The standard InChI is InChI=1S/C12H12N2O2/c1-9-12(16)11(15)4-7-14(9)8-10-2-5-13-6-3-10/h2-7,16H,8H2,1H3. The van der Waals surface area contributed by atoms with Crippen LogP contribution < -0.4 is 5.43 Å². The molecule has 0 saturated carbocycles. The van der Waals surface area contributed by atoms with Crippen molar-refractivity contribution in [3.63, 3.8) is 0 Å². The van der Waals surface area contributed by atoms with Crippen LogP contribution in [-0.2, 0) is 6.54 Å². The van der Waals surface area contributed by atoms with Crippen molar-refractivity contribution in [2.45, 2.75) is 13.5 Å². The predicted molar refractivity (Wildman–Crippen MR) is 60.4 cm³/mol. The molecular weight excluding hydrogens is 204 g/mol. The first-order valence-corrected chi connectivity index (χ1v) is 4.96. The molecular formula is C12H12N2O2. The van der Waals surface area contributed by atoms with Crippen molar-refractivity contribution in [1.82, 2.24) is 9.55 Å². The van der Waals surface area contributed by atoms with Gasteiger partial charge < -0.3 is 9.67 Å². The van der Waals surface area contributed by atoms with Gasteiger partial charge in [-0.3, -0.25) is 9.78 Å². The molecule has 0 aliphatic carbocycles. The van der Waals surface area contributed by atoms with Gasteiger partial charge in [0.15, 0.2) is 5.75 Å². The van der Waals surface area contributed by atoms with Crippen molar-refractivity contribution in [2.75, 3.05) is 0 Å². The van der Waals surface area contributed by atoms with Gasteiger partial charge in [0.25, 0.3) is 0 Å². The van der Waals surface area contributed by atoms with Gasteiger partial charge in [0.1, 0.15) is 0 Å². The summed E-state index contributed by atoms with van der Waals surface area (Å²) in [6.45, 7) is 2.33. The SMILES string of the molecule is Cc1c(O)c(=O)ccn1Cc1ccncc1. The molecule has 0 unspecified atom stereocenters. The predicted octanol–water partition coefficient (Wildman–Crippen LogP) is 1.31. The molecule has 0 aliphatic heterocycles. The molecule has 0 atom stereocenters. The fourth-order valence-corrected chi connectivity index (χ4v) is 1.52. The van der Waals surface area contributed by atoms with Crippen molar-refractivity contribution < 1.29 is 5.11 Å². The van der Waals surface area contributed by atoms with Gasteiger partial charge in [-0.25, -0.2) is 0 Å². The van der Waals surface area contributed by atoms with Gasteiger partial charge >= 0.3 is 0 Å². The van der Waals surface area contributed by atoms with Crippen LogP contribution in [0.3, 0.4) is 0 Å². The van der Waals surface area contributed by atoms with Crippen LogP contribution in [0, 0.1) is 6.92 Å². The first-order chi connectivity index (χ1) is 7.68. The lowest BCUT2D eigenvalue weighted by atomic mass is 10.2. The molecule has 0 radical (unpaired) electrons. The van der Waals surface area contributed by atoms with Crippen LogP contribution in [0.2, 0.25) is 0 Å². The Labute approximate surface area is 92.8 Å². The summed E-state index contributed by atoms with van der Waals surface area (Å²) in [5.41, 5.74) is 1.30. The van der Waals surface area contributed by atoms with Gasteiger partial charge in [-0.15, -0.1) is 0 Å². The van der Waals surface area contributed by atoms with Crippen LogP contribution in [0.4, 0.5) is 0 Å². The van der Waals surface area contributed by atoms with E-state index in [4.69, 9.17) is 0 Å². The van der Waals surface area contributed by atoms with Crippen molar-refractivity contribution in [3.05, 3.63) is 58.3 Å². The summed E-state index contributed by atoms with van der Waals surface area (Å²) >= 11 is 0. The minimum atomic E-state index is -0.344. The minimum Gasteiger partial charge on any atom is -0.503 e. The van der Waals surface area contributed by atoms with Crippen molar-refractivity contribution in [1.29, 1.82) is 0 Å². The fraction of sp³-hybridized carbons (Fsp3) is 0.167. The summed E-state index contributed by atoms with van der Waals surface area (Å²) in [4.78, 5) is 15.1. The molecule has 0 fully saturated rings. The second-order valence-electron chi connectivity index (χ2n) is 3.60. The highest BCUT2D eigenvalue weighted by Crippen LogP contribution is 2.11. The third kappa shape index (κ3) is 1.95. The van der Waals surface area contributed by atoms with Crippen LogP contribution in [0.5, 0.6) is 5.75 Å². The zero-order valence-electron chi connectivity index (χ0n) is 8.92. The first-order valence-electron chi connectivity index (χ1n) is 4.96. The van der Waals surface area contributed by atoms with Crippen molar-refractivity contribution in [2.24, 2.45) is 0 Å². The molecule has 2 aromatic rings. The van der Waals surface area contributed by atoms with E-state index in [2.05, 4.69) is 4.98 Å². The Bertz CT molecular complexity index is 547. The van der Waals surface area contributed by atoms with E-state index in [1.165, 1.54) is 6.07 Å². The van der Waals surface area contributed by atoms with E-state index in [1.54, 1.807) is 25.5 Å². The summed E-state index contributed by atoms with van der Waals surface area (Å²) < 4.78 is 1.83. The first kappa shape index (κ1) is 10.4. The van der Waals surface area contributed by atoms with Gasteiger partial charge in [-0.1, -0.05) is 0 Å². The van der Waals surface area contributed by atoms with E-state index in [1.807, 2.05) is 16.7 Å². The molecule has 0 aliphatic rings. The maximum absolute atomic E-state index is 11.2. The number of rotatable bonds is 2. The van der Waals surface area contributed by atoms with E-state index in [-0.39, 0.29) is 11.2 Å². The third-order valence-corrected chi connectivity index (χ3v) is 2.52. The van der Waals surface area contributed by atoms with Crippen molar-refractivity contribution >= 4 is 0 Å². The molecule has 82 valence electrons. The van der Waals surface area contributed by atoms with Gasteiger partial charge in [-0.2, -0.15) is 0 Å². The van der Waals surface area contributed by atoms with Crippen LogP contribution >= 0.6 is 0 Å². The second kappa shape index (κ2) is 4.18. The molecule has 4 nitrogen and oxygen atoms in total. The zero-order chi connectivity index (χ0) is 11.5. The molecule has 2 heterocycles. The van der Waals surface area contributed by atoms with Gasteiger partial charge in [0.05, 0.1) is 5.69 Å². The zero-order valence-corrected chi connectivity index (χ0v) is 8.92. The van der Waals surface area contributed by atoms with Crippen LogP contribution in [0.15, 0.2) is 41.6 Å². The molecule has 2 aromatic heterocycles. The van der Waals surface area contributed by atoms with E-state index in [0.29, 0.717) is 12.2 Å². The third-order valence-electron chi connectivity index (χ3n) is 2.52. The average Bonchev–Trinajstić information content (AvgIpc) is 2.31. The number of hydrogen-bond donors (Lipinski definition) is 1. The molecule has 2 rings (SSSR count). The van der Waals surface area contributed by atoms with Gasteiger partial charge in [0, 0.05) is 31.2 Å². The number of pyridine rings is 2. The van der Waals surface area contributed by atoms with E-state index in [0.717, 1.165) is 5.56 Å². The molecule has 0 bridgehead atoms. The maximum Gasteiger partial charge on any atom is 0.223 e. The number of nitrogens with zero attached hydrogens (tertiary/aromatic N) is 2. The largest absolute Gasteiger partial charge is 0.503 e. The summed E-state index contributed by atoms with van der Waals surface area (Å²) in [5.74, 6) is -0.184. The lowest BCUT2D eigenvalue weighted by Crippen LogP contribution is -2.10. The molecule has 0 saturated heterocycles. The van der Waals surface area contributed by atoms with Gasteiger partial charge in [-0.05, 0) is 24.6 Å². The summed E-state index contributed by atoms with van der Waals surface area (Å²) in [5, 5.41) is 9.52. The number of aromatic nitrogens is 2. The van der Waals surface area contributed by atoms with E-state index < -0.39 is 0 Å². The molecule has 0 amide bonds. The highest BCUT2D eigenvalue weighted by Gasteiger charge is 2.05. The van der Waals surface area contributed by atoms with E-state index >= 15 is 0 Å². The summed E-state index contributed by atoms with van der Waals surface area (Å²) in [6.07, 6.45) is 5.11. The summed E-state index contributed by atoms with van der Waals surface area (Å²) in [6, 6.07) is 5.16. The second-order valence-corrected chi connectivity index (χ2v) is 3.60. The molecule has 16 heavy (non-hydrogen) atoms. The highest BCUT2D eigenvalue weighted by molar-refractivity contribution is 5.26. The maximum atomic E-state index is 11.2. The smallest absolute Gasteiger partial charge is 0.223 e. The Hall–Kier alpha value is -2.10.